The summed E-state index contributed by atoms with van der Waals surface area (Å²) < 4.78 is 1.81. The first-order valence-electron chi connectivity index (χ1n) is 9.82. The SMILES string of the molecule is CN(Cc1cnn(-c2ccccc2)c1)C(=O)C1CCCCN1C(=O)c1cccs1. The van der Waals surface area contributed by atoms with E-state index >= 15 is 0 Å². The fourth-order valence-electron chi connectivity index (χ4n) is 3.74. The summed E-state index contributed by atoms with van der Waals surface area (Å²) in [7, 11) is 1.80. The summed E-state index contributed by atoms with van der Waals surface area (Å²) >= 11 is 1.42. The van der Waals surface area contributed by atoms with Crippen LogP contribution in [-0.4, -0.2) is 51.0 Å². The zero-order chi connectivity index (χ0) is 20.2. The quantitative estimate of drug-likeness (QED) is 0.648. The number of hydrogen-bond donors (Lipinski definition) is 0. The summed E-state index contributed by atoms with van der Waals surface area (Å²) in [5.74, 6) is -0.0505. The number of thiophene rings is 1. The zero-order valence-corrected chi connectivity index (χ0v) is 17.2. The first-order valence-corrected chi connectivity index (χ1v) is 10.7. The van der Waals surface area contributed by atoms with E-state index in [0.717, 1.165) is 24.1 Å². The molecule has 150 valence electrons. The second kappa shape index (κ2) is 8.61. The van der Waals surface area contributed by atoms with Gasteiger partial charge in [0.1, 0.15) is 6.04 Å². The third-order valence-corrected chi connectivity index (χ3v) is 6.09. The highest BCUT2D eigenvalue weighted by molar-refractivity contribution is 7.12. The van der Waals surface area contributed by atoms with Crippen molar-refractivity contribution in [2.75, 3.05) is 13.6 Å². The first-order chi connectivity index (χ1) is 14.1. The summed E-state index contributed by atoms with van der Waals surface area (Å²) in [5.41, 5.74) is 1.93. The van der Waals surface area contributed by atoms with Crippen molar-refractivity contribution >= 4 is 23.2 Å². The van der Waals surface area contributed by atoms with E-state index in [-0.39, 0.29) is 11.8 Å². The van der Waals surface area contributed by atoms with Crippen molar-refractivity contribution in [2.45, 2.75) is 31.8 Å². The van der Waals surface area contributed by atoms with E-state index in [1.807, 2.05) is 54.0 Å². The summed E-state index contributed by atoms with van der Waals surface area (Å²) in [5, 5.41) is 6.30. The first kappa shape index (κ1) is 19.4. The molecule has 0 radical (unpaired) electrons. The molecule has 2 aromatic heterocycles. The Kier molecular flexibility index (Phi) is 5.76. The lowest BCUT2D eigenvalue weighted by Gasteiger charge is -2.36. The molecule has 0 spiro atoms. The number of amides is 2. The minimum Gasteiger partial charge on any atom is -0.340 e. The Morgan fingerprint density at radius 3 is 2.76 bits per heavy atom. The number of hydrogen-bond acceptors (Lipinski definition) is 4. The van der Waals surface area contributed by atoms with Gasteiger partial charge >= 0.3 is 0 Å². The summed E-state index contributed by atoms with van der Waals surface area (Å²) in [4.78, 5) is 30.2. The maximum absolute atomic E-state index is 13.2. The monoisotopic (exact) mass is 408 g/mol. The predicted molar refractivity (Wildman–Crippen MR) is 113 cm³/mol. The molecule has 1 aliphatic rings. The van der Waals surface area contributed by atoms with Gasteiger partial charge in [0.2, 0.25) is 5.91 Å². The van der Waals surface area contributed by atoms with Crippen LogP contribution in [0.25, 0.3) is 5.69 Å². The van der Waals surface area contributed by atoms with E-state index in [1.165, 1.54) is 11.3 Å². The topological polar surface area (TPSA) is 58.4 Å². The van der Waals surface area contributed by atoms with Gasteiger partial charge in [0.15, 0.2) is 0 Å². The lowest BCUT2D eigenvalue weighted by molar-refractivity contribution is -0.136. The van der Waals surface area contributed by atoms with E-state index in [4.69, 9.17) is 0 Å². The van der Waals surface area contributed by atoms with E-state index in [2.05, 4.69) is 5.10 Å². The van der Waals surface area contributed by atoms with Crippen molar-refractivity contribution in [1.29, 1.82) is 0 Å². The molecular formula is C22H24N4O2S. The number of rotatable bonds is 5. The van der Waals surface area contributed by atoms with Gasteiger partial charge in [-0.15, -0.1) is 11.3 Å². The van der Waals surface area contributed by atoms with Gasteiger partial charge in [-0.1, -0.05) is 24.3 Å². The van der Waals surface area contributed by atoms with Crippen LogP contribution in [0.15, 0.2) is 60.2 Å². The molecule has 1 fully saturated rings. The molecule has 0 bridgehead atoms. The van der Waals surface area contributed by atoms with Gasteiger partial charge in [0.05, 0.1) is 16.8 Å². The number of aromatic nitrogens is 2. The van der Waals surface area contributed by atoms with Crippen LogP contribution in [0.3, 0.4) is 0 Å². The highest BCUT2D eigenvalue weighted by atomic mass is 32.1. The minimum atomic E-state index is -0.396. The predicted octanol–water partition coefficient (Wildman–Crippen LogP) is 3.59. The molecule has 1 aliphatic heterocycles. The maximum atomic E-state index is 13.2. The number of para-hydroxylation sites is 1. The summed E-state index contributed by atoms with van der Waals surface area (Å²) in [6.07, 6.45) is 6.34. The van der Waals surface area contributed by atoms with E-state index in [0.29, 0.717) is 24.4 Å². The number of carbonyl (C=O) groups is 2. The van der Waals surface area contributed by atoms with Crippen LogP contribution < -0.4 is 0 Å². The molecule has 6 nitrogen and oxygen atoms in total. The van der Waals surface area contributed by atoms with Crippen molar-refractivity contribution < 1.29 is 9.59 Å². The van der Waals surface area contributed by atoms with Gasteiger partial charge in [-0.05, 0) is 42.8 Å². The largest absolute Gasteiger partial charge is 0.340 e. The van der Waals surface area contributed by atoms with Crippen LogP contribution in [0.4, 0.5) is 0 Å². The Bertz CT molecular complexity index is 968. The smallest absolute Gasteiger partial charge is 0.264 e. The number of piperidine rings is 1. The molecule has 0 aliphatic carbocycles. The van der Waals surface area contributed by atoms with Gasteiger partial charge in [-0.2, -0.15) is 5.10 Å². The van der Waals surface area contributed by atoms with E-state index in [9.17, 15) is 9.59 Å². The van der Waals surface area contributed by atoms with Crippen LogP contribution in [0, 0.1) is 0 Å². The Morgan fingerprint density at radius 1 is 1.17 bits per heavy atom. The van der Waals surface area contributed by atoms with Gasteiger partial charge in [0.25, 0.3) is 5.91 Å². The van der Waals surface area contributed by atoms with Gasteiger partial charge in [-0.3, -0.25) is 9.59 Å². The molecule has 7 heteroatoms. The zero-order valence-electron chi connectivity index (χ0n) is 16.4. The Hall–Kier alpha value is -2.93. The highest BCUT2D eigenvalue weighted by Gasteiger charge is 2.34. The number of benzene rings is 1. The van der Waals surface area contributed by atoms with Crippen LogP contribution in [0.2, 0.25) is 0 Å². The molecule has 0 N–H and O–H groups in total. The summed E-state index contributed by atoms with van der Waals surface area (Å²) in [6, 6.07) is 13.2. The molecular weight excluding hydrogens is 384 g/mol. The molecule has 1 atom stereocenters. The molecule has 1 aromatic carbocycles. The average molecular weight is 409 g/mol. The molecule has 1 unspecified atom stereocenters. The van der Waals surface area contributed by atoms with Crippen LogP contribution >= 0.6 is 11.3 Å². The van der Waals surface area contributed by atoms with Crippen LogP contribution in [-0.2, 0) is 11.3 Å². The van der Waals surface area contributed by atoms with Crippen molar-refractivity contribution in [2.24, 2.45) is 0 Å². The Labute approximate surface area is 174 Å². The standard InChI is InChI=1S/C22H24N4O2S/c1-24(15-17-14-23-26(16-17)18-8-3-2-4-9-18)21(27)19-10-5-6-12-25(19)22(28)20-11-7-13-29-20/h2-4,7-9,11,13-14,16,19H,5-6,10,12,15H2,1H3. The van der Waals surface area contributed by atoms with Crippen LogP contribution in [0.5, 0.6) is 0 Å². The van der Waals surface area contributed by atoms with Crippen molar-refractivity contribution in [1.82, 2.24) is 19.6 Å². The van der Waals surface area contributed by atoms with E-state index < -0.39 is 6.04 Å². The fraction of sp³-hybridized carbons (Fsp3) is 0.318. The minimum absolute atomic E-state index is 0.0120. The van der Waals surface area contributed by atoms with Crippen molar-refractivity contribution in [3.05, 3.63) is 70.7 Å². The van der Waals surface area contributed by atoms with Crippen LogP contribution in [0.1, 0.15) is 34.5 Å². The second-order valence-corrected chi connectivity index (χ2v) is 8.26. The number of likely N-dealkylation sites (tertiary alicyclic amines) is 1. The average Bonchev–Trinajstić information content (AvgIpc) is 3.46. The maximum Gasteiger partial charge on any atom is 0.264 e. The molecule has 3 heterocycles. The van der Waals surface area contributed by atoms with Crippen molar-refractivity contribution in [3.8, 4) is 5.69 Å². The highest BCUT2D eigenvalue weighted by Crippen LogP contribution is 2.23. The normalized spacial score (nSPS) is 16.6. The van der Waals surface area contributed by atoms with Gasteiger partial charge in [-0.25, -0.2) is 4.68 Å². The molecule has 4 rings (SSSR count). The Morgan fingerprint density at radius 2 is 2.00 bits per heavy atom. The number of carbonyl (C=O) groups excluding carboxylic acids is 2. The van der Waals surface area contributed by atoms with Gasteiger partial charge in [0, 0.05) is 31.9 Å². The molecule has 0 saturated carbocycles. The third kappa shape index (κ3) is 4.24. The lowest BCUT2D eigenvalue weighted by Crippen LogP contribution is -2.52. The lowest BCUT2D eigenvalue weighted by atomic mass is 10.0. The third-order valence-electron chi connectivity index (χ3n) is 5.23. The van der Waals surface area contributed by atoms with Crippen molar-refractivity contribution in [3.63, 3.8) is 0 Å². The fourth-order valence-corrected chi connectivity index (χ4v) is 4.42. The van der Waals surface area contributed by atoms with Gasteiger partial charge < -0.3 is 9.80 Å². The Balaban J connectivity index is 1.45. The number of nitrogens with zero attached hydrogens (tertiary/aromatic N) is 4. The molecule has 1 saturated heterocycles. The molecule has 2 amide bonds. The summed E-state index contributed by atoms with van der Waals surface area (Å²) in [6.45, 7) is 1.09. The second-order valence-electron chi connectivity index (χ2n) is 7.31. The molecule has 29 heavy (non-hydrogen) atoms. The number of likely N-dealkylation sites (N-methyl/N-ethyl adjacent to an activating group) is 1. The van der Waals surface area contributed by atoms with E-state index in [1.54, 1.807) is 27.7 Å². The molecule has 3 aromatic rings.